The van der Waals surface area contributed by atoms with Gasteiger partial charge in [0.05, 0.1) is 11.3 Å². The molecule has 0 unspecified atom stereocenters. The normalized spacial score (nSPS) is 11.1. The summed E-state index contributed by atoms with van der Waals surface area (Å²) < 4.78 is 22.0. The highest BCUT2D eigenvalue weighted by Gasteiger charge is 2.06. The summed E-state index contributed by atoms with van der Waals surface area (Å²) in [6.07, 6.45) is 3.86. The van der Waals surface area contributed by atoms with E-state index in [4.69, 9.17) is 5.26 Å². The topological polar surface area (TPSA) is 70.8 Å². The zero-order valence-electron chi connectivity index (χ0n) is 9.40. The molecule has 1 rings (SSSR count). The second kappa shape index (κ2) is 5.08. The monoisotopic (exact) mass is 238 g/mol. The first kappa shape index (κ1) is 12.7. The number of rotatable bonds is 4. The van der Waals surface area contributed by atoms with Crippen LogP contribution in [0.25, 0.3) is 0 Å². The van der Waals surface area contributed by atoms with Crippen LogP contribution in [0.15, 0.2) is 12.3 Å². The Morgan fingerprint density at radius 2 is 2.19 bits per heavy atom. The van der Waals surface area contributed by atoms with Gasteiger partial charge in [-0.15, -0.1) is 0 Å². The maximum Gasteiger partial charge on any atom is 0.147 e. The van der Waals surface area contributed by atoms with E-state index < -0.39 is 9.84 Å². The van der Waals surface area contributed by atoms with Gasteiger partial charge >= 0.3 is 0 Å². The zero-order valence-corrected chi connectivity index (χ0v) is 10.2. The SMILES string of the molecule is CCc1cc(CCS(C)(=O)=O)ncc1C#N. The molecule has 0 N–H and O–H groups in total. The minimum Gasteiger partial charge on any atom is -0.260 e. The molecule has 0 atom stereocenters. The Bertz CT molecular complexity index is 515. The van der Waals surface area contributed by atoms with Crippen LogP contribution in [0.3, 0.4) is 0 Å². The zero-order chi connectivity index (χ0) is 12.2. The van der Waals surface area contributed by atoms with Crippen molar-refractivity contribution < 1.29 is 8.42 Å². The van der Waals surface area contributed by atoms with Crippen LogP contribution in [-0.2, 0) is 22.7 Å². The molecule has 16 heavy (non-hydrogen) atoms. The number of hydrogen-bond donors (Lipinski definition) is 0. The van der Waals surface area contributed by atoms with Gasteiger partial charge in [-0.05, 0) is 18.1 Å². The van der Waals surface area contributed by atoms with Crippen LogP contribution in [0.2, 0.25) is 0 Å². The molecule has 1 aromatic heterocycles. The quantitative estimate of drug-likeness (QED) is 0.787. The van der Waals surface area contributed by atoms with E-state index in [9.17, 15) is 8.42 Å². The van der Waals surface area contributed by atoms with Crippen molar-refractivity contribution >= 4 is 9.84 Å². The minimum absolute atomic E-state index is 0.0923. The summed E-state index contributed by atoms with van der Waals surface area (Å²) >= 11 is 0. The van der Waals surface area contributed by atoms with Crippen molar-refractivity contribution in [2.24, 2.45) is 0 Å². The fraction of sp³-hybridized carbons (Fsp3) is 0.455. The molecule has 0 aliphatic heterocycles. The number of pyridine rings is 1. The van der Waals surface area contributed by atoms with Gasteiger partial charge < -0.3 is 0 Å². The summed E-state index contributed by atoms with van der Waals surface area (Å²) in [6, 6.07) is 3.87. The van der Waals surface area contributed by atoms with Gasteiger partial charge in [-0.1, -0.05) is 6.92 Å². The molecule has 0 fully saturated rings. The highest BCUT2D eigenvalue weighted by molar-refractivity contribution is 7.90. The molecule has 0 saturated heterocycles. The molecule has 0 aromatic carbocycles. The van der Waals surface area contributed by atoms with E-state index >= 15 is 0 Å². The fourth-order valence-corrected chi connectivity index (χ4v) is 1.95. The van der Waals surface area contributed by atoms with Crippen LogP contribution in [0.1, 0.15) is 23.7 Å². The largest absolute Gasteiger partial charge is 0.260 e. The molecule has 0 bridgehead atoms. The fourth-order valence-electron chi connectivity index (χ4n) is 1.37. The third-order valence-electron chi connectivity index (χ3n) is 2.28. The molecule has 1 heterocycles. The molecule has 0 amide bonds. The molecule has 0 aliphatic rings. The molecular formula is C11H14N2O2S. The molecule has 5 heteroatoms. The maximum absolute atomic E-state index is 11.0. The van der Waals surface area contributed by atoms with E-state index in [0.717, 1.165) is 17.7 Å². The van der Waals surface area contributed by atoms with E-state index in [2.05, 4.69) is 11.1 Å². The average Bonchev–Trinajstić information content (AvgIpc) is 2.25. The molecule has 0 spiro atoms. The van der Waals surface area contributed by atoms with Gasteiger partial charge in [-0.2, -0.15) is 5.26 Å². The van der Waals surface area contributed by atoms with Gasteiger partial charge in [0, 0.05) is 24.6 Å². The van der Waals surface area contributed by atoms with Crippen molar-refractivity contribution in [3.63, 3.8) is 0 Å². The first-order chi connectivity index (χ1) is 7.46. The van der Waals surface area contributed by atoms with Crippen molar-refractivity contribution in [1.82, 2.24) is 4.98 Å². The summed E-state index contributed by atoms with van der Waals surface area (Å²) in [7, 11) is -2.96. The highest BCUT2D eigenvalue weighted by atomic mass is 32.2. The van der Waals surface area contributed by atoms with Crippen molar-refractivity contribution in [2.45, 2.75) is 19.8 Å². The van der Waals surface area contributed by atoms with Gasteiger partial charge in [-0.25, -0.2) is 8.42 Å². The number of sulfone groups is 1. The third-order valence-corrected chi connectivity index (χ3v) is 3.22. The smallest absolute Gasteiger partial charge is 0.147 e. The summed E-state index contributed by atoms with van der Waals surface area (Å²) in [5.74, 6) is 0.0923. The lowest BCUT2D eigenvalue weighted by Crippen LogP contribution is -2.07. The number of hydrogen-bond acceptors (Lipinski definition) is 4. The number of nitrogens with zero attached hydrogens (tertiary/aromatic N) is 2. The van der Waals surface area contributed by atoms with E-state index in [0.29, 0.717) is 12.0 Å². The lowest BCUT2D eigenvalue weighted by atomic mass is 10.1. The Morgan fingerprint density at radius 3 is 2.69 bits per heavy atom. The maximum atomic E-state index is 11.0. The number of aromatic nitrogens is 1. The Balaban J connectivity index is 2.88. The first-order valence-electron chi connectivity index (χ1n) is 5.02. The molecular weight excluding hydrogens is 224 g/mol. The summed E-state index contributed by atoms with van der Waals surface area (Å²) in [6.45, 7) is 1.95. The summed E-state index contributed by atoms with van der Waals surface area (Å²) in [5.41, 5.74) is 2.20. The number of aryl methyl sites for hydroxylation is 2. The van der Waals surface area contributed by atoms with Gasteiger partial charge in [0.25, 0.3) is 0 Å². The van der Waals surface area contributed by atoms with Crippen molar-refractivity contribution in [1.29, 1.82) is 5.26 Å². The lowest BCUT2D eigenvalue weighted by Gasteiger charge is -2.04. The first-order valence-corrected chi connectivity index (χ1v) is 7.08. The van der Waals surface area contributed by atoms with Crippen LogP contribution in [0.4, 0.5) is 0 Å². The molecule has 86 valence electrons. The predicted octanol–water partition coefficient (Wildman–Crippen LogP) is 1.10. The van der Waals surface area contributed by atoms with E-state index in [1.165, 1.54) is 12.5 Å². The second-order valence-electron chi connectivity index (χ2n) is 3.68. The van der Waals surface area contributed by atoms with Crippen LogP contribution >= 0.6 is 0 Å². The molecule has 4 nitrogen and oxygen atoms in total. The average molecular weight is 238 g/mol. The molecule has 1 aromatic rings. The highest BCUT2D eigenvalue weighted by Crippen LogP contribution is 2.10. The van der Waals surface area contributed by atoms with Crippen LogP contribution in [-0.4, -0.2) is 25.4 Å². The molecule has 0 aliphatic carbocycles. The van der Waals surface area contributed by atoms with Crippen molar-refractivity contribution in [3.05, 3.63) is 29.1 Å². The van der Waals surface area contributed by atoms with Gasteiger partial charge in [0.2, 0.25) is 0 Å². The predicted molar refractivity (Wildman–Crippen MR) is 61.7 cm³/mol. The lowest BCUT2D eigenvalue weighted by molar-refractivity contribution is 0.600. The van der Waals surface area contributed by atoms with Crippen molar-refractivity contribution in [2.75, 3.05) is 12.0 Å². The van der Waals surface area contributed by atoms with Gasteiger partial charge in [0.1, 0.15) is 15.9 Å². The van der Waals surface area contributed by atoms with E-state index in [1.54, 1.807) is 0 Å². The van der Waals surface area contributed by atoms with E-state index in [-0.39, 0.29) is 5.75 Å². The Hall–Kier alpha value is -1.41. The van der Waals surface area contributed by atoms with Crippen LogP contribution < -0.4 is 0 Å². The van der Waals surface area contributed by atoms with Gasteiger partial charge in [-0.3, -0.25) is 4.98 Å². The molecule has 0 radical (unpaired) electrons. The molecule has 0 saturated carbocycles. The van der Waals surface area contributed by atoms with Gasteiger partial charge in [0.15, 0.2) is 0 Å². The Morgan fingerprint density at radius 1 is 1.50 bits per heavy atom. The van der Waals surface area contributed by atoms with E-state index in [1.807, 2.05) is 13.0 Å². The van der Waals surface area contributed by atoms with Crippen LogP contribution in [0, 0.1) is 11.3 Å². The summed E-state index contributed by atoms with van der Waals surface area (Å²) in [4.78, 5) is 4.07. The third kappa shape index (κ3) is 3.63. The minimum atomic E-state index is -2.96. The summed E-state index contributed by atoms with van der Waals surface area (Å²) in [5, 5.41) is 8.81. The van der Waals surface area contributed by atoms with Crippen molar-refractivity contribution in [3.8, 4) is 6.07 Å². The Kier molecular flexibility index (Phi) is 4.02. The Labute approximate surface area is 95.9 Å². The number of nitriles is 1. The van der Waals surface area contributed by atoms with Crippen LogP contribution in [0.5, 0.6) is 0 Å². The second-order valence-corrected chi connectivity index (χ2v) is 5.94. The standard InChI is InChI=1S/C11H14N2O2S/c1-3-9-6-11(4-5-16(2,14)15)13-8-10(9)7-12/h6,8H,3-5H2,1-2H3.